The first-order valence-corrected chi connectivity index (χ1v) is 10.0. The molecule has 0 saturated carbocycles. The van der Waals surface area contributed by atoms with E-state index in [2.05, 4.69) is 10.9 Å². The number of carbonyl (C=O) groups is 2. The van der Waals surface area contributed by atoms with Gasteiger partial charge in [0.05, 0.1) is 16.8 Å². The molecule has 5 nitrogen and oxygen atoms in total. The Hall–Kier alpha value is -3.29. The molecule has 164 valence electrons. The SMILES string of the molecule is CCCCC(=O)NN/C(C)=C1\C(=O)N(c2cccc(C)c2)c2cc(C(F)(F)F)ccc21. The van der Waals surface area contributed by atoms with Gasteiger partial charge in [-0.25, -0.2) is 0 Å². The lowest BCUT2D eigenvalue weighted by Crippen LogP contribution is -2.37. The number of amides is 2. The topological polar surface area (TPSA) is 61.4 Å². The number of alkyl halides is 3. The molecule has 0 fully saturated rings. The molecular formula is C23H24F3N3O2. The molecule has 31 heavy (non-hydrogen) atoms. The van der Waals surface area contributed by atoms with Gasteiger partial charge in [-0.1, -0.05) is 31.5 Å². The standard InChI is InChI=1S/C23H24F3N3O2/c1-4-5-9-20(30)28-27-15(3)21-18-11-10-16(23(24,25)26)13-19(18)29(22(21)31)17-8-6-7-14(2)12-17/h6-8,10-13,27H,4-5,9H2,1-3H3,(H,28,30)/b21-15-. The fourth-order valence-corrected chi connectivity index (χ4v) is 3.45. The van der Waals surface area contributed by atoms with E-state index < -0.39 is 17.6 Å². The molecule has 8 heteroatoms. The second kappa shape index (κ2) is 8.83. The minimum Gasteiger partial charge on any atom is -0.302 e. The quantitative estimate of drug-likeness (QED) is 0.486. The van der Waals surface area contributed by atoms with Crippen LogP contribution < -0.4 is 15.8 Å². The summed E-state index contributed by atoms with van der Waals surface area (Å²) in [6.07, 6.45) is -2.61. The number of aryl methyl sites for hydroxylation is 1. The molecule has 0 bridgehead atoms. The van der Waals surface area contributed by atoms with Crippen LogP contribution in [0.5, 0.6) is 0 Å². The van der Waals surface area contributed by atoms with Gasteiger partial charge < -0.3 is 5.43 Å². The molecule has 3 rings (SSSR count). The molecule has 1 aliphatic heterocycles. The van der Waals surface area contributed by atoms with Gasteiger partial charge in [0, 0.05) is 23.4 Å². The zero-order valence-electron chi connectivity index (χ0n) is 17.6. The molecule has 0 aliphatic carbocycles. The van der Waals surface area contributed by atoms with E-state index in [0.29, 0.717) is 23.4 Å². The van der Waals surface area contributed by atoms with Gasteiger partial charge in [0.2, 0.25) is 5.91 Å². The highest BCUT2D eigenvalue weighted by Gasteiger charge is 2.38. The Morgan fingerprint density at radius 2 is 1.84 bits per heavy atom. The van der Waals surface area contributed by atoms with Crippen LogP contribution in [-0.2, 0) is 15.8 Å². The van der Waals surface area contributed by atoms with Crippen molar-refractivity contribution in [1.29, 1.82) is 0 Å². The van der Waals surface area contributed by atoms with Crippen molar-refractivity contribution in [1.82, 2.24) is 10.9 Å². The number of rotatable bonds is 6. The Balaban J connectivity index is 2.05. The van der Waals surface area contributed by atoms with Crippen molar-refractivity contribution in [3.8, 4) is 0 Å². The molecule has 1 heterocycles. The summed E-state index contributed by atoms with van der Waals surface area (Å²) in [6, 6.07) is 10.2. The van der Waals surface area contributed by atoms with E-state index in [9.17, 15) is 22.8 Å². The third kappa shape index (κ3) is 4.73. The summed E-state index contributed by atoms with van der Waals surface area (Å²) in [6.45, 7) is 5.41. The van der Waals surface area contributed by atoms with E-state index in [1.165, 1.54) is 11.0 Å². The summed E-state index contributed by atoms with van der Waals surface area (Å²) in [4.78, 5) is 26.5. The van der Waals surface area contributed by atoms with Crippen LogP contribution in [0.25, 0.3) is 5.57 Å². The number of hydrazine groups is 1. The summed E-state index contributed by atoms with van der Waals surface area (Å²) in [7, 11) is 0. The highest BCUT2D eigenvalue weighted by Crippen LogP contribution is 2.45. The summed E-state index contributed by atoms with van der Waals surface area (Å²) in [5.74, 6) is -0.692. The molecular weight excluding hydrogens is 407 g/mol. The number of allylic oxidation sites excluding steroid dienone is 1. The number of halogens is 3. The Bertz CT molecular complexity index is 1040. The zero-order chi connectivity index (χ0) is 22.8. The van der Waals surface area contributed by atoms with E-state index in [-0.39, 0.29) is 17.2 Å². The maximum Gasteiger partial charge on any atom is 0.416 e. The smallest absolute Gasteiger partial charge is 0.302 e. The zero-order valence-corrected chi connectivity index (χ0v) is 17.6. The molecule has 0 aromatic heterocycles. The Kier molecular flexibility index (Phi) is 6.38. The number of hydrogen-bond acceptors (Lipinski definition) is 3. The van der Waals surface area contributed by atoms with Crippen molar-refractivity contribution in [3.63, 3.8) is 0 Å². The molecule has 0 atom stereocenters. The van der Waals surface area contributed by atoms with Crippen LogP contribution in [0, 0.1) is 6.92 Å². The van der Waals surface area contributed by atoms with E-state index in [0.717, 1.165) is 30.5 Å². The van der Waals surface area contributed by atoms with Gasteiger partial charge in [-0.3, -0.25) is 19.9 Å². The third-order valence-corrected chi connectivity index (χ3v) is 5.03. The van der Waals surface area contributed by atoms with E-state index in [4.69, 9.17) is 0 Å². The lowest BCUT2D eigenvalue weighted by molar-refractivity contribution is -0.137. The van der Waals surface area contributed by atoms with Gasteiger partial charge in [-0.2, -0.15) is 13.2 Å². The van der Waals surface area contributed by atoms with Gasteiger partial charge >= 0.3 is 6.18 Å². The fourth-order valence-electron chi connectivity index (χ4n) is 3.45. The minimum atomic E-state index is -4.54. The van der Waals surface area contributed by atoms with Crippen LogP contribution in [0.15, 0.2) is 48.2 Å². The maximum absolute atomic E-state index is 13.3. The van der Waals surface area contributed by atoms with Crippen LogP contribution in [0.1, 0.15) is 49.8 Å². The van der Waals surface area contributed by atoms with Crippen LogP contribution in [-0.4, -0.2) is 11.8 Å². The van der Waals surface area contributed by atoms with Crippen LogP contribution >= 0.6 is 0 Å². The molecule has 0 spiro atoms. The van der Waals surface area contributed by atoms with E-state index >= 15 is 0 Å². The molecule has 0 unspecified atom stereocenters. The second-order valence-electron chi connectivity index (χ2n) is 7.49. The Morgan fingerprint density at radius 1 is 1.10 bits per heavy atom. The first-order chi connectivity index (χ1) is 14.6. The lowest BCUT2D eigenvalue weighted by atomic mass is 10.0. The monoisotopic (exact) mass is 431 g/mol. The number of nitrogens with zero attached hydrogens (tertiary/aromatic N) is 1. The van der Waals surface area contributed by atoms with Crippen LogP contribution in [0.3, 0.4) is 0 Å². The summed E-state index contributed by atoms with van der Waals surface area (Å²) in [5, 5.41) is 0. The number of hydrogen-bond donors (Lipinski definition) is 2. The average Bonchev–Trinajstić information content (AvgIpc) is 3.00. The molecule has 0 radical (unpaired) electrons. The third-order valence-electron chi connectivity index (χ3n) is 5.03. The highest BCUT2D eigenvalue weighted by atomic mass is 19.4. The number of carbonyl (C=O) groups excluding carboxylic acids is 2. The van der Waals surface area contributed by atoms with Crippen LogP contribution in [0.2, 0.25) is 0 Å². The van der Waals surface area contributed by atoms with Crippen molar-refractivity contribution in [2.45, 2.75) is 46.2 Å². The van der Waals surface area contributed by atoms with Crippen LogP contribution in [0.4, 0.5) is 24.5 Å². The molecule has 2 amide bonds. The molecule has 1 aliphatic rings. The van der Waals surface area contributed by atoms with Gasteiger partial charge in [-0.15, -0.1) is 0 Å². The maximum atomic E-state index is 13.3. The summed E-state index contributed by atoms with van der Waals surface area (Å²) < 4.78 is 40.0. The minimum absolute atomic E-state index is 0.152. The van der Waals surface area contributed by atoms with E-state index in [1.54, 1.807) is 25.1 Å². The largest absolute Gasteiger partial charge is 0.416 e. The summed E-state index contributed by atoms with van der Waals surface area (Å²) in [5.41, 5.74) is 6.88. The molecule has 2 N–H and O–H groups in total. The number of nitrogens with one attached hydrogen (secondary N) is 2. The number of benzene rings is 2. The molecule has 0 saturated heterocycles. The lowest BCUT2D eigenvalue weighted by Gasteiger charge is -2.19. The Morgan fingerprint density at radius 3 is 2.48 bits per heavy atom. The average molecular weight is 431 g/mol. The predicted octanol–water partition coefficient (Wildman–Crippen LogP) is 5.23. The molecule has 2 aromatic rings. The fraction of sp³-hybridized carbons (Fsp3) is 0.304. The van der Waals surface area contributed by atoms with Gasteiger partial charge in [0.15, 0.2) is 0 Å². The van der Waals surface area contributed by atoms with Gasteiger partial charge in [0.25, 0.3) is 5.91 Å². The highest BCUT2D eigenvalue weighted by molar-refractivity contribution is 6.35. The number of unbranched alkanes of at least 4 members (excludes halogenated alkanes) is 1. The second-order valence-corrected chi connectivity index (χ2v) is 7.49. The first-order valence-electron chi connectivity index (χ1n) is 10.0. The normalized spacial score (nSPS) is 15.0. The van der Waals surface area contributed by atoms with Gasteiger partial charge in [-0.05, 0) is 50.1 Å². The van der Waals surface area contributed by atoms with Gasteiger partial charge in [0.1, 0.15) is 0 Å². The summed E-state index contributed by atoms with van der Waals surface area (Å²) >= 11 is 0. The van der Waals surface area contributed by atoms with Crippen molar-refractivity contribution in [3.05, 3.63) is 64.9 Å². The van der Waals surface area contributed by atoms with Crippen molar-refractivity contribution >= 4 is 28.8 Å². The Labute approximate surface area is 178 Å². The van der Waals surface area contributed by atoms with Crippen molar-refractivity contribution in [2.24, 2.45) is 0 Å². The predicted molar refractivity (Wildman–Crippen MR) is 113 cm³/mol. The number of anilines is 2. The molecule has 2 aromatic carbocycles. The van der Waals surface area contributed by atoms with Crippen molar-refractivity contribution < 1.29 is 22.8 Å². The number of fused-ring (bicyclic) bond motifs is 1. The van der Waals surface area contributed by atoms with E-state index in [1.807, 2.05) is 19.9 Å². The van der Waals surface area contributed by atoms with Crippen molar-refractivity contribution in [2.75, 3.05) is 4.90 Å². The first kappa shape index (κ1) is 22.4.